The Bertz CT molecular complexity index is 557. The van der Waals surface area contributed by atoms with Gasteiger partial charge in [-0.05, 0) is 25.0 Å². The van der Waals surface area contributed by atoms with Crippen LogP contribution in [0.25, 0.3) is 0 Å². The quantitative estimate of drug-likeness (QED) is 0.814. The minimum Gasteiger partial charge on any atom is -0.491 e. The molecule has 2 aliphatic heterocycles. The van der Waals surface area contributed by atoms with E-state index < -0.39 is 0 Å². The lowest BCUT2D eigenvalue weighted by molar-refractivity contribution is -0.115. The SMILES string of the molecule is O=C1NCCC/C1=N\Nc1cc(Cl)c2c(c1)CCO2. The van der Waals surface area contributed by atoms with E-state index in [1.54, 1.807) is 6.07 Å². The second kappa shape index (κ2) is 5.09. The smallest absolute Gasteiger partial charge is 0.267 e. The van der Waals surface area contributed by atoms with Gasteiger partial charge in [0.25, 0.3) is 5.91 Å². The molecule has 2 aliphatic rings. The highest BCUT2D eigenvalue weighted by atomic mass is 35.5. The monoisotopic (exact) mass is 279 g/mol. The number of hydrogen-bond acceptors (Lipinski definition) is 4. The first-order chi connectivity index (χ1) is 9.24. The molecule has 0 radical (unpaired) electrons. The Hall–Kier alpha value is -1.75. The molecule has 0 unspecified atom stereocenters. The summed E-state index contributed by atoms with van der Waals surface area (Å²) in [6.45, 7) is 1.38. The number of nitrogens with one attached hydrogen (secondary N) is 2. The molecule has 19 heavy (non-hydrogen) atoms. The number of fused-ring (bicyclic) bond motifs is 1. The van der Waals surface area contributed by atoms with E-state index in [1.165, 1.54) is 0 Å². The van der Waals surface area contributed by atoms with Gasteiger partial charge in [0, 0.05) is 18.5 Å². The summed E-state index contributed by atoms with van der Waals surface area (Å²) in [5.41, 5.74) is 5.28. The van der Waals surface area contributed by atoms with Gasteiger partial charge < -0.3 is 10.1 Å². The number of hydrazone groups is 1. The molecule has 3 rings (SSSR count). The van der Waals surface area contributed by atoms with Crippen LogP contribution in [0.2, 0.25) is 5.02 Å². The van der Waals surface area contributed by atoms with Crippen LogP contribution in [-0.2, 0) is 11.2 Å². The second-order valence-electron chi connectivity index (χ2n) is 4.57. The van der Waals surface area contributed by atoms with Gasteiger partial charge >= 0.3 is 0 Å². The fraction of sp³-hybridized carbons (Fsp3) is 0.385. The standard InChI is InChI=1S/C13H14ClN3O2/c14-10-7-9(6-8-3-5-19-12(8)10)16-17-11-2-1-4-15-13(11)18/h6-7,16H,1-5H2,(H,15,18)/b17-11+. The van der Waals surface area contributed by atoms with Crippen molar-refractivity contribution >= 4 is 28.9 Å². The zero-order chi connectivity index (χ0) is 13.2. The summed E-state index contributed by atoms with van der Waals surface area (Å²) in [7, 11) is 0. The Kier molecular flexibility index (Phi) is 3.29. The predicted octanol–water partition coefficient (Wildman–Crippen LogP) is 1.95. The number of rotatable bonds is 2. The molecule has 1 saturated heterocycles. The van der Waals surface area contributed by atoms with Crippen molar-refractivity contribution in [1.82, 2.24) is 5.32 Å². The summed E-state index contributed by atoms with van der Waals surface area (Å²) in [6.07, 6.45) is 2.47. The van der Waals surface area contributed by atoms with Crippen LogP contribution in [-0.4, -0.2) is 24.8 Å². The molecular weight excluding hydrogens is 266 g/mol. The third-order valence-corrected chi connectivity index (χ3v) is 3.48. The maximum Gasteiger partial charge on any atom is 0.267 e. The first-order valence-corrected chi connectivity index (χ1v) is 6.68. The average molecular weight is 280 g/mol. The Morgan fingerprint density at radius 2 is 2.26 bits per heavy atom. The van der Waals surface area contributed by atoms with Crippen LogP contribution in [0, 0.1) is 0 Å². The predicted molar refractivity (Wildman–Crippen MR) is 74.0 cm³/mol. The molecule has 1 amide bonds. The van der Waals surface area contributed by atoms with Crippen molar-refractivity contribution in [1.29, 1.82) is 0 Å². The highest BCUT2D eigenvalue weighted by molar-refractivity contribution is 6.39. The molecule has 0 bridgehead atoms. The summed E-state index contributed by atoms with van der Waals surface area (Å²) in [5.74, 6) is 0.657. The van der Waals surface area contributed by atoms with Crippen LogP contribution < -0.4 is 15.5 Å². The molecule has 0 spiro atoms. The summed E-state index contributed by atoms with van der Waals surface area (Å²) in [4.78, 5) is 11.5. The zero-order valence-corrected chi connectivity index (χ0v) is 11.1. The van der Waals surface area contributed by atoms with Gasteiger partial charge in [-0.3, -0.25) is 10.2 Å². The van der Waals surface area contributed by atoms with Crippen molar-refractivity contribution in [3.8, 4) is 5.75 Å². The Morgan fingerprint density at radius 3 is 3.11 bits per heavy atom. The van der Waals surface area contributed by atoms with Gasteiger partial charge in [-0.15, -0.1) is 0 Å². The molecule has 0 atom stereocenters. The summed E-state index contributed by atoms with van der Waals surface area (Å²) < 4.78 is 5.44. The van der Waals surface area contributed by atoms with E-state index in [2.05, 4.69) is 15.8 Å². The van der Waals surface area contributed by atoms with Crippen LogP contribution in [0.5, 0.6) is 5.75 Å². The van der Waals surface area contributed by atoms with Gasteiger partial charge in [-0.25, -0.2) is 0 Å². The maximum atomic E-state index is 11.5. The lowest BCUT2D eigenvalue weighted by atomic mass is 10.1. The van der Waals surface area contributed by atoms with Crippen LogP contribution in [0.15, 0.2) is 17.2 Å². The first-order valence-electron chi connectivity index (χ1n) is 6.30. The van der Waals surface area contributed by atoms with Crippen molar-refractivity contribution in [2.45, 2.75) is 19.3 Å². The van der Waals surface area contributed by atoms with Crippen molar-refractivity contribution in [2.75, 3.05) is 18.6 Å². The molecular formula is C13H14ClN3O2. The Balaban J connectivity index is 1.78. The fourth-order valence-corrected chi connectivity index (χ4v) is 2.53. The molecule has 0 saturated carbocycles. The number of anilines is 1. The second-order valence-corrected chi connectivity index (χ2v) is 4.98. The van der Waals surface area contributed by atoms with Crippen LogP contribution in [0.4, 0.5) is 5.69 Å². The highest BCUT2D eigenvalue weighted by Crippen LogP contribution is 2.36. The summed E-state index contributed by atoms with van der Waals surface area (Å²) in [5, 5.41) is 7.50. The van der Waals surface area contributed by atoms with Crippen molar-refractivity contribution in [2.24, 2.45) is 5.10 Å². The van der Waals surface area contributed by atoms with Gasteiger partial charge in [0.05, 0.1) is 17.3 Å². The molecule has 1 fully saturated rings. The van der Waals surface area contributed by atoms with Crippen LogP contribution in [0.1, 0.15) is 18.4 Å². The summed E-state index contributed by atoms with van der Waals surface area (Å²) in [6, 6.07) is 3.72. The molecule has 6 heteroatoms. The molecule has 1 aromatic carbocycles. The third kappa shape index (κ3) is 2.51. The first kappa shape index (κ1) is 12.3. The fourth-order valence-electron chi connectivity index (χ4n) is 2.24. The van der Waals surface area contributed by atoms with Gasteiger partial charge in [0.2, 0.25) is 0 Å². The summed E-state index contributed by atoms with van der Waals surface area (Å²) >= 11 is 6.13. The molecule has 5 nitrogen and oxygen atoms in total. The lowest BCUT2D eigenvalue weighted by Crippen LogP contribution is -2.37. The largest absolute Gasteiger partial charge is 0.491 e. The van der Waals surface area contributed by atoms with Gasteiger partial charge in [-0.1, -0.05) is 11.6 Å². The van der Waals surface area contributed by atoms with Crippen LogP contribution >= 0.6 is 11.6 Å². The molecule has 2 N–H and O–H groups in total. The Labute approximate surface area is 116 Å². The molecule has 1 aromatic rings. The number of carbonyl (C=O) groups is 1. The zero-order valence-electron chi connectivity index (χ0n) is 10.3. The van der Waals surface area contributed by atoms with E-state index in [-0.39, 0.29) is 5.91 Å². The molecule has 2 heterocycles. The average Bonchev–Trinajstić information content (AvgIpc) is 2.87. The van der Waals surface area contributed by atoms with E-state index in [1.807, 2.05) is 6.07 Å². The normalized spacial score (nSPS) is 19.8. The van der Waals surface area contributed by atoms with E-state index in [4.69, 9.17) is 16.3 Å². The number of halogens is 1. The van der Waals surface area contributed by atoms with E-state index >= 15 is 0 Å². The minimum absolute atomic E-state index is 0.102. The molecule has 0 aromatic heterocycles. The topological polar surface area (TPSA) is 62.7 Å². The molecule has 0 aliphatic carbocycles. The number of benzene rings is 1. The third-order valence-electron chi connectivity index (χ3n) is 3.20. The van der Waals surface area contributed by atoms with Crippen LogP contribution in [0.3, 0.4) is 0 Å². The number of nitrogens with zero attached hydrogens (tertiary/aromatic N) is 1. The Morgan fingerprint density at radius 1 is 1.37 bits per heavy atom. The van der Waals surface area contributed by atoms with E-state index in [9.17, 15) is 4.79 Å². The number of amides is 1. The highest BCUT2D eigenvalue weighted by Gasteiger charge is 2.18. The lowest BCUT2D eigenvalue weighted by Gasteiger charge is -2.14. The maximum absolute atomic E-state index is 11.5. The van der Waals surface area contributed by atoms with Crippen molar-refractivity contribution in [3.05, 3.63) is 22.7 Å². The van der Waals surface area contributed by atoms with Crippen molar-refractivity contribution < 1.29 is 9.53 Å². The van der Waals surface area contributed by atoms with Crippen molar-refractivity contribution in [3.63, 3.8) is 0 Å². The number of piperidine rings is 1. The number of hydrogen-bond donors (Lipinski definition) is 2. The van der Waals surface area contributed by atoms with E-state index in [0.717, 1.165) is 36.4 Å². The number of carbonyl (C=O) groups excluding carboxylic acids is 1. The van der Waals surface area contributed by atoms with Gasteiger partial charge in [0.15, 0.2) is 0 Å². The van der Waals surface area contributed by atoms with E-state index in [0.29, 0.717) is 23.8 Å². The minimum atomic E-state index is -0.102. The molecule has 100 valence electrons. The van der Waals surface area contributed by atoms with Gasteiger partial charge in [-0.2, -0.15) is 5.10 Å². The number of ether oxygens (including phenoxy) is 1. The van der Waals surface area contributed by atoms with Gasteiger partial charge in [0.1, 0.15) is 11.5 Å².